The Morgan fingerprint density at radius 2 is 2.38 bits per heavy atom. The zero-order chi connectivity index (χ0) is 16.8. The normalized spacial score (nSPS) is 24.6. The van der Waals surface area contributed by atoms with E-state index >= 15 is 0 Å². The van der Waals surface area contributed by atoms with Gasteiger partial charge in [-0.2, -0.15) is 0 Å². The number of carbonyl (C=O) groups is 1. The van der Waals surface area contributed by atoms with Crippen molar-refractivity contribution in [1.29, 1.82) is 0 Å². The molecule has 3 N–H and O–H groups in total. The third-order valence-corrected chi connectivity index (χ3v) is 4.31. The van der Waals surface area contributed by atoms with Gasteiger partial charge in [-0.15, -0.1) is 0 Å². The minimum Gasteiger partial charge on any atom is -0.466 e. The maximum absolute atomic E-state index is 10.8. The largest absolute Gasteiger partial charge is 0.466 e. The van der Waals surface area contributed by atoms with E-state index in [0.29, 0.717) is 13.1 Å². The summed E-state index contributed by atoms with van der Waals surface area (Å²) in [6, 6.07) is 0.194. The van der Waals surface area contributed by atoms with Crippen LogP contribution in [0.25, 0.3) is 0 Å². The van der Waals surface area contributed by atoms with Gasteiger partial charge in [-0.1, -0.05) is 23.8 Å². The number of hydrazine groups is 1. The van der Waals surface area contributed by atoms with Crippen molar-refractivity contribution in [2.45, 2.75) is 37.8 Å². The first-order valence-electron chi connectivity index (χ1n) is 8.23. The molecule has 7 heteroatoms. The van der Waals surface area contributed by atoms with E-state index in [-0.39, 0.29) is 12.1 Å². The summed E-state index contributed by atoms with van der Waals surface area (Å²) in [6.07, 6.45) is 13.9. The number of carboxylic acid groups (broad SMARTS) is 1. The van der Waals surface area contributed by atoms with Crippen LogP contribution < -0.4 is 10.7 Å². The molecule has 2 aliphatic heterocycles. The lowest BCUT2D eigenvalue weighted by Crippen LogP contribution is -2.45. The molecule has 1 saturated heterocycles. The molecule has 0 aromatic carbocycles. The highest BCUT2D eigenvalue weighted by Gasteiger charge is 2.28. The summed E-state index contributed by atoms with van der Waals surface area (Å²) < 4.78 is 10.9. The molecule has 3 rings (SSSR count). The van der Waals surface area contributed by atoms with Gasteiger partial charge in [-0.25, -0.2) is 9.80 Å². The molecule has 7 nitrogen and oxygen atoms in total. The molecule has 0 spiro atoms. The Kier molecular flexibility index (Phi) is 5.55. The van der Waals surface area contributed by atoms with Crippen molar-refractivity contribution in [3.05, 3.63) is 48.3 Å². The first-order valence-corrected chi connectivity index (χ1v) is 8.23. The van der Waals surface area contributed by atoms with E-state index < -0.39 is 6.09 Å². The molecule has 24 heavy (non-hydrogen) atoms. The van der Waals surface area contributed by atoms with Crippen molar-refractivity contribution < 1.29 is 19.4 Å². The van der Waals surface area contributed by atoms with Crippen molar-refractivity contribution in [3.8, 4) is 0 Å². The Balaban J connectivity index is 1.61. The number of nitrogens with one attached hydrogen (secondary N) is 2. The van der Waals surface area contributed by atoms with Crippen LogP contribution in [0.3, 0.4) is 0 Å². The minimum absolute atomic E-state index is 0.00229. The Labute approximate surface area is 141 Å². The topological polar surface area (TPSA) is 83.1 Å². The molecule has 2 atom stereocenters. The molecular weight excluding hydrogens is 310 g/mol. The van der Waals surface area contributed by atoms with Gasteiger partial charge in [-0.05, 0) is 25.7 Å². The average Bonchev–Trinajstić information content (AvgIpc) is 3.02. The van der Waals surface area contributed by atoms with Crippen LogP contribution in [-0.4, -0.2) is 41.4 Å². The number of amides is 1. The average molecular weight is 333 g/mol. The van der Waals surface area contributed by atoms with Crippen LogP contribution in [0, 0.1) is 0 Å². The molecular formula is C17H23N3O4. The van der Waals surface area contributed by atoms with E-state index in [2.05, 4.69) is 29.0 Å². The van der Waals surface area contributed by atoms with E-state index in [1.807, 2.05) is 0 Å². The molecule has 1 aliphatic carbocycles. The lowest BCUT2D eigenvalue weighted by molar-refractivity contribution is 0.151. The third kappa shape index (κ3) is 4.62. The quantitative estimate of drug-likeness (QED) is 0.691. The number of rotatable bonds is 6. The Morgan fingerprint density at radius 1 is 1.46 bits per heavy atom. The molecule has 0 bridgehead atoms. The molecule has 3 aliphatic rings. The summed E-state index contributed by atoms with van der Waals surface area (Å²) in [5.41, 5.74) is 3.78. The van der Waals surface area contributed by atoms with E-state index in [1.165, 1.54) is 18.1 Å². The summed E-state index contributed by atoms with van der Waals surface area (Å²) in [5, 5.41) is 14.1. The Bertz CT molecular complexity index is 582. The second-order valence-corrected chi connectivity index (χ2v) is 6.11. The highest BCUT2D eigenvalue weighted by Crippen LogP contribution is 2.23. The Hall–Kier alpha value is -2.25. The molecule has 0 saturated carbocycles. The predicted octanol–water partition coefficient (Wildman–Crippen LogP) is 2.23. The van der Waals surface area contributed by atoms with E-state index in [4.69, 9.17) is 14.6 Å². The van der Waals surface area contributed by atoms with Gasteiger partial charge in [0, 0.05) is 19.1 Å². The first kappa shape index (κ1) is 16.6. The summed E-state index contributed by atoms with van der Waals surface area (Å²) in [4.78, 5) is 10.8. The fraction of sp³-hybridized carbons (Fsp3) is 0.471. The lowest BCUT2D eigenvalue weighted by atomic mass is 9.96. The molecule has 130 valence electrons. The van der Waals surface area contributed by atoms with Crippen LogP contribution in [0.2, 0.25) is 0 Å². The van der Waals surface area contributed by atoms with Crippen LogP contribution >= 0.6 is 0 Å². The monoisotopic (exact) mass is 333 g/mol. The standard InChI is InChI=1S/C17H23N3O4/c21-17(22)19-20-7-6-14(11-20)18-15(16-12-23-8-9-24-16)10-13-4-2-1-3-5-13/h1-2,4,8-9,12,14-15,18-19H,3,5-7,10-11H2,(H,21,22). The molecule has 1 fully saturated rings. The summed E-state index contributed by atoms with van der Waals surface area (Å²) >= 11 is 0. The van der Waals surface area contributed by atoms with Crippen LogP contribution in [0.5, 0.6) is 0 Å². The molecule has 0 aromatic heterocycles. The zero-order valence-electron chi connectivity index (χ0n) is 13.5. The second-order valence-electron chi connectivity index (χ2n) is 6.11. The second kappa shape index (κ2) is 8.03. The van der Waals surface area contributed by atoms with Crippen molar-refractivity contribution in [2.75, 3.05) is 13.1 Å². The molecule has 2 heterocycles. The van der Waals surface area contributed by atoms with E-state index in [9.17, 15) is 4.79 Å². The fourth-order valence-electron chi connectivity index (χ4n) is 3.18. The van der Waals surface area contributed by atoms with Crippen LogP contribution in [0.1, 0.15) is 25.7 Å². The number of hydrogen-bond acceptors (Lipinski definition) is 5. The summed E-state index contributed by atoms with van der Waals surface area (Å²) in [5.74, 6) is 0.748. The molecule has 2 unspecified atom stereocenters. The Morgan fingerprint density at radius 3 is 3.08 bits per heavy atom. The summed E-state index contributed by atoms with van der Waals surface area (Å²) in [7, 11) is 0. The van der Waals surface area contributed by atoms with Gasteiger partial charge in [0.2, 0.25) is 0 Å². The van der Waals surface area contributed by atoms with Crippen LogP contribution in [0.4, 0.5) is 4.79 Å². The predicted molar refractivity (Wildman–Crippen MR) is 88.5 cm³/mol. The number of ether oxygens (including phenoxy) is 2. The van der Waals surface area contributed by atoms with E-state index in [1.54, 1.807) is 11.3 Å². The number of hydrogen-bond donors (Lipinski definition) is 3. The van der Waals surface area contributed by atoms with Gasteiger partial charge >= 0.3 is 6.09 Å². The smallest absolute Gasteiger partial charge is 0.419 e. The highest BCUT2D eigenvalue weighted by atomic mass is 16.5. The number of allylic oxidation sites excluding steroid dienone is 3. The first-order chi connectivity index (χ1) is 11.7. The minimum atomic E-state index is -1.02. The van der Waals surface area contributed by atoms with Crippen molar-refractivity contribution in [3.63, 3.8) is 0 Å². The number of nitrogens with zero attached hydrogens (tertiary/aromatic N) is 1. The van der Waals surface area contributed by atoms with E-state index in [0.717, 1.165) is 31.4 Å². The van der Waals surface area contributed by atoms with Crippen molar-refractivity contribution in [1.82, 2.24) is 15.8 Å². The fourth-order valence-corrected chi connectivity index (χ4v) is 3.18. The van der Waals surface area contributed by atoms with Gasteiger partial charge < -0.3 is 19.9 Å². The van der Waals surface area contributed by atoms with Gasteiger partial charge in [-0.3, -0.25) is 5.43 Å². The van der Waals surface area contributed by atoms with Crippen molar-refractivity contribution in [2.24, 2.45) is 0 Å². The maximum atomic E-state index is 10.8. The molecule has 0 radical (unpaired) electrons. The third-order valence-electron chi connectivity index (χ3n) is 4.31. The SMILES string of the molecule is O=C(O)NN1CCC(NC(CC2=CC=CCC2)C2=COC=CO2)C1. The lowest BCUT2D eigenvalue weighted by Gasteiger charge is -2.26. The zero-order valence-corrected chi connectivity index (χ0v) is 13.5. The van der Waals surface area contributed by atoms with Crippen molar-refractivity contribution >= 4 is 6.09 Å². The van der Waals surface area contributed by atoms with Crippen LogP contribution in [0.15, 0.2) is 48.3 Å². The van der Waals surface area contributed by atoms with Gasteiger partial charge in [0.15, 0.2) is 5.76 Å². The van der Waals surface area contributed by atoms with Gasteiger partial charge in [0.1, 0.15) is 18.8 Å². The highest BCUT2D eigenvalue weighted by molar-refractivity contribution is 5.63. The van der Waals surface area contributed by atoms with Gasteiger partial charge in [0.05, 0.1) is 6.04 Å². The van der Waals surface area contributed by atoms with Crippen LogP contribution in [-0.2, 0) is 9.47 Å². The molecule has 1 amide bonds. The maximum Gasteiger partial charge on any atom is 0.419 e. The van der Waals surface area contributed by atoms with Gasteiger partial charge in [0.25, 0.3) is 0 Å². The molecule has 0 aromatic rings. The summed E-state index contributed by atoms with van der Waals surface area (Å²) in [6.45, 7) is 1.32.